The van der Waals surface area contributed by atoms with Crippen molar-refractivity contribution >= 4 is 29.1 Å². The van der Waals surface area contributed by atoms with Crippen molar-refractivity contribution in [3.63, 3.8) is 0 Å². The molecule has 0 bridgehead atoms. The average Bonchev–Trinajstić information content (AvgIpc) is 3.43. The maximum Gasteiger partial charge on any atom is 0.339 e. The highest BCUT2D eigenvalue weighted by molar-refractivity contribution is 6.31. The minimum absolute atomic E-state index is 0.157. The molecule has 0 spiro atoms. The smallest absolute Gasteiger partial charge is 0.339 e. The van der Waals surface area contributed by atoms with Crippen molar-refractivity contribution in [3.05, 3.63) is 59.0 Å². The molecule has 2 fully saturated rings. The lowest BCUT2D eigenvalue weighted by Gasteiger charge is -2.37. The fourth-order valence-electron chi connectivity index (χ4n) is 5.52. The number of piperazine rings is 1. The van der Waals surface area contributed by atoms with Crippen molar-refractivity contribution in [1.82, 2.24) is 19.7 Å². The van der Waals surface area contributed by atoms with E-state index in [4.69, 9.17) is 11.6 Å². The van der Waals surface area contributed by atoms with E-state index in [-0.39, 0.29) is 13.1 Å². The van der Waals surface area contributed by atoms with Crippen LogP contribution in [0.4, 0.5) is 33.5 Å². The number of piperidine rings is 1. The number of anilines is 2. The van der Waals surface area contributed by atoms with Gasteiger partial charge in [0, 0.05) is 67.3 Å². The minimum atomic E-state index is -3.05. The number of hydrogen-bond donors (Lipinski definition) is 1. The van der Waals surface area contributed by atoms with Crippen LogP contribution in [0.5, 0.6) is 0 Å². The van der Waals surface area contributed by atoms with Crippen LogP contribution in [0.1, 0.15) is 41.4 Å². The van der Waals surface area contributed by atoms with Crippen LogP contribution in [0.25, 0.3) is 11.1 Å². The number of aromatic nitrogens is 3. The predicted octanol–water partition coefficient (Wildman–Crippen LogP) is 5.76. The molecule has 2 aliphatic heterocycles. The molecule has 1 N–H and O–H groups in total. The van der Waals surface area contributed by atoms with Gasteiger partial charge < -0.3 is 14.9 Å². The van der Waals surface area contributed by atoms with Crippen LogP contribution in [-0.2, 0) is 0 Å². The van der Waals surface area contributed by atoms with E-state index in [1.807, 2.05) is 28.0 Å². The number of carboxylic acid groups (broad SMARTS) is 1. The normalized spacial score (nSPS) is 19.3. The standard InChI is InChI=1S/C27H28ClF5N6O2/c28-17-4-5-19(16-3-6-22(34-13-16)36-8-10-37(11-9-36)26(33)25(31)32)21(12-17)38-7-1-2-18(15-38)39-23(24(29)30)20(14-35-39)27(40)41/h3-6,12-14,18,24-26H,1-2,7-11,15H2,(H,40,41). The van der Waals surface area contributed by atoms with E-state index >= 15 is 0 Å². The summed E-state index contributed by atoms with van der Waals surface area (Å²) in [4.78, 5) is 21.1. The topological polar surface area (TPSA) is 77.7 Å². The van der Waals surface area contributed by atoms with Gasteiger partial charge in [-0.25, -0.2) is 31.7 Å². The summed E-state index contributed by atoms with van der Waals surface area (Å²) in [6.07, 6.45) is -4.44. The first-order valence-electron chi connectivity index (χ1n) is 13.1. The molecule has 2 aliphatic rings. The number of nitrogens with zero attached hydrogens (tertiary/aromatic N) is 6. The summed E-state index contributed by atoms with van der Waals surface area (Å²) in [6, 6.07) is 8.61. The Labute approximate surface area is 237 Å². The van der Waals surface area contributed by atoms with Gasteiger partial charge in [0.15, 0.2) is 0 Å². The average molecular weight is 599 g/mol. The van der Waals surface area contributed by atoms with E-state index in [1.165, 1.54) is 0 Å². The third-order valence-electron chi connectivity index (χ3n) is 7.57. The van der Waals surface area contributed by atoms with Gasteiger partial charge in [-0.2, -0.15) is 5.10 Å². The van der Waals surface area contributed by atoms with Gasteiger partial charge in [-0.15, -0.1) is 0 Å². The molecule has 220 valence electrons. The summed E-state index contributed by atoms with van der Waals surface area (Å²) in [5, 5.41) is 13.8. The largest absolute Gasteiger partial charge is 0.478 e. The van der Waals surface area contributed by atoms with Crippen LogP contribution >= 0.6 is 11.6 Å². The molecule has 2 atom stereocenters. The van der Waals surface area contributed by atoms with Crippen molar-refractivity contribution in [3.8, 4) is 11.1 Å². The Morgan fingerprint density at radius 2 is 1.73 bits per heavy atom. The van der Waals surface area contributed by atoms with Gasteiger partial charge >= 0.3 is 5.97 Å². The van der Waals surface area contributed by atoms with Gasteiger partial charge in [-0.1, -0.05) is 17.7 Å². The molecular formula is C27H28ClF5N6O2. The molecule has 3 aromatic rings. The van der Waals surface area contributed by atoms with Gasteiger partial charge in [-0.3, -0.25) is 9.58 Å². The molecule has 2 aromatic heterocycles. The Morgan fingerprint density at radius 3 is 2.37 bits per heavy atom. The second kappa shape index (κ2) is 12.2. The lowest BCUT2D eigenvalue weighted by atomic mass is 10.00. The second-order valence-corrected chi connectivity index (χ2v) is 10.5. The number of carbonyl (C=O) groups is 1. The quantitative estimate of drug-likeness (QED) is 0.261. The lowest BCUT2D eigenvalue weighted by molar-refractivity contribution is -0.0505. The van der Waals surface area contributed by atoms with Crippen molar-refractivity contribution in [1.29, 1.82) is 0 Å². The number of hydrogen-bond acceptors (Lipinski definition) is 6. The Morgan fingerprint density at radius 1 is 0.976 bits per heavy atom. The number of benzene rings is 1. The Kier molecular flexibility index (Phi) is 8.64. The molecule has 0 aliphatic carbocycles. The van der Waals surface area contributed by atoms with Gasteiger partial charge in [0.1, 0.15) is 17.1 Å². The lowest BCUT2D eigenvalue weighted by Crippen LogP contribution is -2.51. The van der Waals surface area contributed by atoms with Crippen LogP contribution in [0, 0.1) is 0 Å². The fraction of sp³-hybridized carbons (Fsp3) is 0.444. The van der Waals surface area contributed by atoms with Gasteiger partial charge in [0.25, 0.3) is 12.9 Å². The molecule has 0 amide bonds. The number of pyridine rings is 1. The molecule has 2 unspecified atom stereocenters. The molecule has 4 heterocycles. The zero-order chi connectivity index (χ0) is 29.3. The molecule has 0 saturated carbocycles. The first-order valence-corrected chi connectivity index (χ1v) is 13.5. The summed E-state index contributed by atoms with van der Waals surface area (Å²) in [7, 11) is 0. The van der Waals surface area contributed by atoms with Gasteiger partial charge in [0.05, 0.1) is 12.2 Å². The molecular weight excluding hydrogens is 571 g/mol. The van der Waals surface area contributed by atoms with E-state index in [2.05, 4.69) is 10.1 Å². The Hall–Kier alpha value is -3.45. The summed E-state index contributed by atoms with van der Waals surface area (Å²) in [6.45, 7) is 1.98. The second-order valence-electron chi connectivity index (χ2n) is 10.0. The molecule has 5 rings (SSSR count). The monoisotopic (exact) mass is 598 g/mol. The molecule has 0 radical (unpaired) electrons. The molecule has 14 heteroatoms. The van der Waals surface area contributed by atoms with Gasteiger partial charge in [0.2, 0.25) is 6.30 Å². The number of rotatable bonds is 8. The first-order chi connectivity index (χ1) is 19.6. The zero-order valence-corrected chi connectivity index (χ0v) is 22.6. The van der Waals surface area contributed by atoms with E-state index in [0.717, 1.165) is 32.6 Å². The number of halogens is 6. The summed E-state index contributed by atoms with van der Waals surface area (Å²) >= 11 is 6.35. The SMILES string of the molecule is O=C(O)c1cnn(C2CCCN(c3cc(Cl)ccc3-c3ccc(N4CCN(C(F)C(F)F)CC4)nc3)C2)c1C(F)F. The van der Waals surface area contributed by atoms with Gasteiger partial charge in [-0.05, 0) is 37.1 Å². The predicted molar refractivity (Wildman–Crippen MR) is 144 cm³/mol. The Balaban J connectivity index is 1.35. The summed E-state index contributed by atoms with van der Waals surface area (Å²) in [5.41, 5.74) is 1.26. The third-order valence-corrected chi connectivity index (χ3v) is 7.80. The zero-order valence-electron chi connectivity index (χ0n) is 21.8. The first kappa shape index (κ1) is 29.1. The van der Waals surface area contributed by atoms with Crippen molar-refractivity contribution in [2.24, 2.45) is 0 Å². The highest BCUT2D eigenvalue weighted by Gasteiger charge is 2.32. The van der Waals surface area contributed by atoms with E-state index < -0.39 is 42.4 Å². The van der Waals surface area contributed by atoms with E-state index in [1.54, 1.807) is 18.3 Å². The maximum absolute atomic E-state index is 13.8. The number of aromatic carboxylic acids is 1. The third kappa shape index (κ3) is 6.10. The highest BCUT2D eigenvalue weighted by atomic mass is 35.5. The minimum Gasteiger partial charge on any atom is -0.478 e. The fourth-order valence-corrected chi connectivity index (χ4v) is 5.68. The van der Waals surface area contributed by atoms with Crippen molar-refractivity contribution in [2.75, 3.05) is 49.1 Å². The van der Waals surface area contributed by atoms with Crippen molar-refractivity contribution in [2.45, 2.75) is 38.0 Å². The van der Waals surface area contributed by atoms with E-state index in [9.17, 15) is 31.9 Å². The van der Waals surface area contributed by atoms with Crippen LogP contribution in [0.2, 0.25) is 5.02 Å². The van der Waals surface area contributed by atoms with Crippen LogP contribution in [-0.4, -0.2) is 82.7 Å². The summed E-state index contributed by atoms with van der Waals surface area (Å²) < 4.78 is 67.9. The molecule has 2 saturated heterocycles. The molecule has 1 aromatic carbocycles. The number of carboxylic acids is 1. The Bertz CT molecular complexity index is 1370. The van der Waals surface area contributed by atoms with E-state index in [0.29, 0.717) is 49.9 Å². The van der Waals surface area contributed by atoms with Crippen LogP contribution < -0.4 is 9.80 Å². The van der Waals surface area contributed by atoms with Crippen molar-refractivity contribution < 1.29 is 31.9 Å². The van der Waals surface area contributed by atoms with Crippen LogP contribution in [0.15, 0.2) is 42.7 Å². The molecule has 8 nitrogen and oxygen atoms in total. The summed E-state index contributed by atoms with van der Waals surface area (Å²) in [5.74, 6) is -0.809. The highest BCUT2D eigenvalue weighted by Crippen LogP contribution is 2.38. The number of alkyl halides is 5. The van der Waals surface area contributed by atoms with Crippen LogP contribution in [0.3, 0.4) is 0 Å². The molecule has 41 heavy (non-hydrogen) atoms. The maximum atomic E-state index is 13.8.